The van der Waals surface area contributed by atoms with Gasteiger partial charge in [0, 0.05) is 23.8 Å². The maximum atomic E-state index is 12.2. The molecule has 148 valence electrons. The van der Waals surface area contributed by atoms with Gasteiger partial charge >= 0.3 is 6.03 Å². The molecule has 2 aromatic rings. The van der Waals surface area contributed by atoms with Crippen molar-refractivity contribution in [3.8, 4) is 0 Å². The number of nitrogens with one attached hydrogen (secondary N) is 5. The van der Waals surface area contributed by atoms with Crippen LogP contribution in [-0.4, -0.2) is 23.1 Å². The minimum absolute atomic E-state index is 0.0742. The summed E-state index contributed by atoms with van der Waals surface area (Å²) in [4.78, 5) is 23.8. The molecule has 2 rings (SSSR count). The first-order valence-electron chi connectivity index (χ1n) is 8.91. The average Bonchev–Trinajstić information content (AvgIpc) is 2.66. The van der Waals surface area contributed by atoms with Gasteiger partial charge in [0.2, 0.25) is 0 Å². The number of carbonyl (C=O) groups is 2. The molecule has 0 atom stereocenters. The van der Waals surface area contributed by atoms with E-state index in [-0.39, 0.29) is 23.1 Å². The van der Waals surface area contributed by atoms with Crippen molar-refractivity contribution >= 4 is 35.0 Å². The Morgan fingerprint density at radius 2 is 1.61 bits per heavy atom. The van der Waals surface area contributed by atoms with Crippen molar-refractivity contribution in [3.05, 3.63) is 65.2 Å². The highest BCUT2D eigenvalue weighted by molar-refractivity contribution is 7.80. The zero-order chi connectivity index (χ0) is 20.5. The Labute approximate surface area is 170 Å². The summed E-state index contributed by atoms with van der Waals surface area (Å²) in [5, 5.41) is 8.78. The summed E-state index contributed by atoms with van der Waals surface area (Å²) in [6.45, 7) is 6.16. The van der Waals surface area contributed by atoms with Crippen LogP contribution in [0.25, 0.3) is 0 Å². The third-order valence-corrected chi connectivity index (χ3v) is 3.89. The number of rotatable bonds is 5. The molecule has 8 heteroatoms. The molecule has 0 saturated heterocycles. The van der Waals surface area contributed by atoms with Crippen LogP contribution >= 0.6 is 12.2 Å². The van der Waals surface area contributed by atoms with Crippen LogP contribution in [0.15, 0.2) is 48.5 Å². The number of hydrazine groups is 1. The Morgan fingerprint density at radius 1 is 0.964 bits per heavy atom. The fraction of sp³-hybridized carbons (Fsp3) is 0.250. The van der Waals surface area contributed by atoms with E-state index < -0.39 is 0 Å². The minimum atomic E-state index is -0.315. The molecule has 0 aliphatic rings. The molecular formula is C20H25N5O2S. The van der Waals surface area contributed by atoms with Crippen molar-refractivity contribution in [1.29, 1.82) is 0 Å². The zero-order valence-corrected chi connectivity index (χ0v) is 16.9. The summed E-state index contributed by atoms with van der Waals surface area (Å²) in [5.41, 5.74) is 8.56. The lowest BCUT2D eigenvalue weighted by Gasteiger charge is -2.12. The second kappa shape index (κ2) is 10.3. The van der Waals surface area contributed by atoms with E-state index in [1.165, 1.54) is 0 Å². The molecule has 28 heavy (non-hydrogen) atoms. The van der Waals surface area contributed by atoms with Gasteiger partial charge in [0.05, 0.1) is 0 Å². The lowest BCUT2D eigenvalue weighted by atomic mass is 10.1. The van der Waals surface area contributed by atoms with E-state index in [1.807, 2.05) is 45.0 Å². The van der Waals surface area contributed by atoms with Crippen molar-refractivity contribution in [1.82, 2.24) is 21.5 Å². The zero-order valence-electron chi connectivity index (χ0n) is 16.1. The number of hydrogen-bond donors (Lipinski definition) is 5. The van der Waals surface area contributed by atoms with Gasteiger partial charge in [-0.25, -0.2) is 4.79 Å². The highest BCUT2D eigenvalue weighted by Gasteiger charge is 2.07. The van der Waals surface area contributed by atoms with Crippen LogP contribution in [-0.2, 0) is 6.54 Å². The van der Waals surface area contributed by atoms with Crippen molar-refractivity contribution in [2.75, 3.05) is 5.32 Å². The van der Waals surface area contributed by atoms with Gasteiger partial charge in [-0.3, -0.25) is 15.6 Å². The second-order valence-corrected chi connectivity index (χ2v) is 6.99. The van der Waals surface area contributed by atoms with Gasteiger partial charge in [-0.05, 0) is 62.8 Å². The molecule has 0 radical (unpaired) electrons. The van der Waals surface area contributed by atoms with Crippen molar-refractivity contribution in [3.63, 3.8) is 0 Å². The van der Waals surface area contributed by atoms with Gasteiger partial charge in [0.1, 0.15) is 0 Å². The van der Waals surface area contributed by atoms with E-state index in [0.717, 1.165) is 16.8 Å². The fourth-order valence-electron chi connectivity index (χ4n) is 2.25. The molecule has 0 fully saturated rings. The summed E-state index contributed by atoms with van der Waals surface area (Å²) in [6, 6.07) is 14.5. The molecule has 2 aromatic carbocycles. The lowest BCUT2D eigenvalue weighted by Crippen LogP contribution is -2.43. The summed E-state index contributed by atoms with van der Waals surface area (Å²) in [7, 11) is 0. The topological polar surface area (TPSA) is 94.3 Å². The molecule has 0 heterocycles. The van der Waals surface area contributed by atoms with Crippen LogP contribution in [0.3, 0.4) is 0 Å². The number of carbonyl (C=O) groups excluding carboxylic acids is 2. The smallest absolute Gasteiger partial charge is 0.315 e. The maximum absolute atomic E-state index is 12.2. The van der Waals surface area contributed by atoms with Crippen LogP contribution in [0.1, 0.15) is 35.3 Å². The Balaban J connectivity index is 1.78. The van der Waals surface area contributed by atoms with Crippen LogP contribution in [0.4, 0.5) is 10.5 Å². The number of benzene rings is 2. The molecule has 0 spiro atoms. The van der Waals surface area contributed by atoms with Gasteiger partial charge in [-0.1, -0.05) is 29.8 Å². The van der Waals surface area contributed by atoms with Crippen LogP contribution in [0.5, 0.6) is 0 Å². The van der Waals surface area contributed by atoms with E-state index >= 15 is 0 Å². The third-order valence-electron chi connectivity index (χ3n) is 3.69. The Morgan fingerprint density at radius 3 is 2.21 bits per heavy atom. The Hall–Kier alpha value is -3.13. The third kappa shape index (κ3) is 7.24. The van der Waals surface area contributed by atoms with Crippen LogP contribution in [0, 0.1) is 6.92 Å². The molecule has 7 nitrogen and oxygen atoms in total. The van der Waals surface area contributed by atoms with E-state index in [0.29, 0.717) is 12.1 Å². The number of amides is 3. The normalized spacial score (nSPS) is 10.1. The molecule has 3 amide bonds. The Bertz CT molecular complexity index is 819. The predicted octanol–water partition coefficient (Wildman–Crippen LogP) is 2.83. The summed E-state index contributed by atoms with van der Waals surface area (Å²) < 4.78 is 0. The van der Waals surface area contributed by atoms with E-state index in [9.17, 15) is 9.59 Å². The molecule has 5 N–H and O–H groups in total. The number of thiocarbonyl (C=S) groups is 1. The number of aryl methyl sites for hydroxylation is 1. The largest absolute Gasteiger partial charge is 0.336 e. The number of anilines is 1. The monoisotopic (exact) mass is 399 g/mol. The van der Waals surface area contributed by atoms with Gasteiger partial charge in [0.25, 0.3) is 5.91 Å². The van der Waals surface area contributed by atoms with Crippen LogP contribution < -0.4 is 26.8 Å². The van der Waals surface area contributed by atoms with Gasteiger partial charge in [0.15, 0.2) is 5.11 Å². The second-order valence-electron chi connectivity index (χ2n) is 6.58. The SMILES string of the molecule is Cc1ccc(NC(=S)NNC(=O)c2ccc(CNC(=O)NC(C)C)cc2)cc1. The predicted molar refractivity (Wildman–Crippen MR) is 115 cm³/mol. The molecule has 0 aliphatic carbocycles. The highest BCUT2D eigenvalue weighted by atomic mass is 32.1. The van der Waals surface area contributed by atoms with Crippen molar-refractivity contribution < 1.29 is 9.59 Å². The number of hydrogen-bond acceptors (Lipinski definition) is 3. The standard InChI is InChI=1S/C20H25N5O2S/c1-13(2)22-19(27)21-12-15-6-8-16(9-7-15)18(26)24-25-20(28)23-17-10-4-14(3)5-11-17/h4-11,13H,12H2,1-3H3,(H,24,26)(H2,21,22,27)(H2,23,25,28). The first kappa shape index (κ1) is 21.2. The minimum Gasteiger partial charge on any atom is -0.336 e. The molecule has 0 aromatic heterocycles. The van der Waals surface area contributed by atoms with Gasteiger partial charge < -0.3 is 16.0 Å². The van der Waals surface area contributed by atoms with E-state index in [2.05, 4.69) is 26.8 Å². The average molecular weight is 400 g/mol. The van der Waals surface area contributed by atoms with E-state index in [1.54, 1.807) is 24.3 Å². The lowest BCUT2D eigenvalue weighted by molar-refractivity contribution is 0.0944. The van der Waals surface area contributed by atoms with Gasteiger partial charge in [-0.2, -0.15) is 0 Å². The molecule has 0 bridgehead atoms. The molecule has 0 saturated carbocycles. The maximum Gasteiger partial charge on any atom is 0.315 e. The van der Waals surface area contributed by atoms with Crippen LogP contribution in [0.2, 0.25) is 0 Å². The quantitative estimate of drug-likeness (QED) is 0.394. The first-order chi connectivity index (χ1) is 13.3. The van der Waals surface area contributed by atoms with Crippen molar-refractivity contribution in [2.45, 2.75) is 33.4 Å². The Kier molecular flexibility index (Phi) is 7.76. The molecule has 0 aliphatic heterocycles. The number of urea groups is 1. The van der Waals surface area contributed by atoms with E-state index in [4.69, 9.17) is 12.2 Å². The molecular weight excluding hydrogens is 374 g/mol. The van der Waals surface area contributed by atoms with Crippen molar-refractivity contribution in [2.24, 2.45) is 0 Å². The summed E-state index contributed by atoms with van der Waals surface area (Å²) in [6.07, 6.45) is 0. The highest BCUT2D eigenvalue weighted by Crippen LogP contribution is 2.08. The summed E-state index contributed by atoms with van der Waals surface area (Å²) >= 11 is 5.16. The summed E-state index contributed by atoms with van der Waals surface area (Å²) in [5.74, 6) is -0.315. The van der Waals surface area contributed by atoms with Gasteiger partial charge in [-0.15, -0.1) is 0 Å². The first-order valence-corrected chi connectivity index (χ1v) is 9.31. The fourth-order valence-corrected chi connectivity index (χ4v) is 2.42. The molecule has 0 unspecified atom stereocenters.